The van der Waals surface area contributed by atoms with Gasteiger partial charge in [-0.2, -0.15) is 5.10 Å². The molecule has 0 radical (unpaired) electrons. The fourth-order valence-corrected chi connectivity index (χ4v) is 2.15. The molecule has 82 valence electrons. The number of hydrogen-bond acceptors (Lipinski definition) is 3. The average molecular weight is 207 g/mol. The van der Waals surface area contributed by atoms with Crippen LogP contribution in [0.1, 0.15) is 25.3 Å². The van der Waals surface area contributed by atoms with E-state index in [0.717, 1.165) is 32.5 Å². The topological polar surface area (TPSA) is 49.0 Å². The minimum absolute atomic E-state index is 0.241. The van der Waals surface area contributed by atoms with Crippen LogP contribution in [0.2, 0.25) is 0 Å². The van der Waals surface area contributed by atoms with Crippen molar-refractivity contribution in [2.75, 3.05) is 13.1 Å². The number of nitrogens with one attached hydrogen (secondary N) is 1. The van der Waals surface area contributed by atoms with Crippen molar-refractivity contribution in [3.8, 4) is 0 Å². The highest BCUT2D eigenvalue weighted by molar-refractivity contribution is 5.78. The van der Waals surface area contributed by atoms with E-state index in [4.69, 9.17) is 0 Å². The minimum Gasteiger partial charge on any atom is -0.300 e. The van der Waals surface area contributed by atoms with Gasteiger partial charge in [-0.05, 0) is 26.3 Å². The molecule has 4 heteroatoms. The molecule has 1 fully saturated rings. The molecular weight excluding hydrogens is 190 g/mol. The maximum atomic E-state index is 11.3. The molecule has 1 aliphatic rings. The molecule has 1 saturated heterocycles. The lowest BCUT2D eigenvalue weighted by Gasteiger charge is -2.30. The molecular formula is C11H17N3O. The zero-order valence-corrected chi connectivity index (χ0v) is 9.07. The Labute approximate surface area is 89.7 Å². The summed E-state index contributed by atoms with van der Waals surface area (Å²) in [4.78, 5) is 13.6. The van der Waals surface area contributed by atoms with Gasteiger partial charge in [0, 0.05) is 30.8 Å². The van der Waals surface area contributed by atoms with Crippen molar-refractivity contribution < 1.29 is 4.79 Å². The largest absolute Gasteiger partial charge is 0.300 e. The van der Waals surface area contributed by atoms with Crippen LogP contribution in [0.15, 0.2) is 12.4 Å². The lowest BCUT2D eigenvalue weighted by Crippen LogP contribution is -2.37. The van der Waals surface area contributed by atoms with Crippen molar-refractivity contribution in [3.05, 3.63) is 18.0 Å². The molecule has 1 atom stereocenters. The number of H-pyrrole nitrogens is 1. The third kappa shape index (κ3) is 2.65. The molecule has 0 aliphatic carbocycles. The van der Waals surface area contributed by atoms with Gasteiger partial charge in [0.15, 0.2) is 0 Å². The van der Waals surface area contributed by atoms with Crippen LogP contribution in [0.5, 0.6) is 0 Å². The van der Waals surface area contributed by atoms with Gasteiger partial charge in [0.25, 0.3) is 0 Å². The fraction of sp³-hybridized carbons (Fsp3) is 0.636. The van der Waals surface area contributed by atoms with Gasteiger partial charge < -0.3 is 0 Å². The van der Waals surface area contributed by atoms with E-state index in [2.05, 4.69) is 15.1 Å². The van der Waals surface area contributed by atoms with Crippen molar-refractivity contribution in [2.24, 2.45) is 5.92 Å². The second-order valence-corrected chi connectivity index (χ2v) is 4.29. The quantitative estimate of drug-likeness (QED) is 0.810. The molecule has 1 N–H and O–H groups in total. The summed E-state index contributed by atoms with van der Waals surface area (Å²) in [5.74, 6) is 0.567. The lowest BCUT2D eigenvalue weighted by atomic mass is 9.94. The first-order chi connectivity index (χ1) is 7.25. The van der Waals surface area contributed by atoms with Crippen LogP contribution < -0.4 is 0 Å². The Balaban J connectivity index is 1.90. The zero-order chi connectivity index (χ0) is 10.7. The van der Waals surface area contributed by atoms with E-state index in [1.807, 2.05) is 12.4 Å². The summed E-state index contributed by atoms with van der Waals surface area (Å²) in [5.41, 5.74) is 1.19. The van der Waals surface area contributed by atoms with E-state index in [0.29, 0.717) is 5.78 Å². The number of aromatic amines is 1. The summed E-state index contributed by atoms with van der Waals surface area (Å²) in [6.07, 6.45) is 5.94. The maximum absolute atomic E-state index is 11.3. The Morgan fingerprint density at radius 3 is 3.27 bits per heavy atom. The predicted octanol–water partition coefficient (Wildman–Crippen LogP) is 1.21. The van der Waals surface area contributed by atoms with Crippen molar-refractivity contribution in [1.82, 2.24) is 15.1 Å². The van der Waals surface area contributed by atoms with E-state index in [1.165, 1.54) is 5.56 Å². The molecule has 1 aromatic heterocycles. The third-order valence-electron chi connectivity index (χ3n) is 3.04. The number of carbonyl (C=O) groups is 1. The molecule has 0 saturated carbocycles. The Kier molecular flexibility index (Phi) is 3.16. The zero-order valence-electron chi connectivity index (χ0n) is 9.07. The molecule has 0 spiro atoms. The highest BCUT2D eigenvalue weighted by Gasteiger charge is 2.22. The SMILES string of the molecule is CC(=O)C1CCCN(Cc2cn[nH]c2)C1. The van der Waals surface area contributed by atoms with Crippen LogP contribution in [-0.2, 0) is 11.3 Å². The maximum Gasteiger partial charge on any atom is 0.134 e. The molecule has 1 aromatic rings. The Morgan fingerprint density at radius 2 is 2.60 bits per heavy atom. The van der Waals surface area contributed by atoms with E-state index >= 15 is 0 Å². The number of nitrogens with zero attached hydrogens (tertiary/aromatic N) is 2. The molecule has 4 nitrogen and oxygen atoms in total. The average Bonchev–Trinajstić information content (AvgIpc) is 2.71. The van der Waals surface area contributed by atoms with E-state index < -0.39 is 0 Å². The number of hydrogen-bond donors (Lipinski definition) is 1. The summed E-state index contributed by atoms with van der Waals surface area (Å²) < 4.78 is 0. The molecule has 2 heterocycles. The van der Waals surface area contributed by atoms with Gasteiger partial charge in [0.2, 0.25) is 0 Å². The smallest absolute Gasteiger partial charge is 0.134 e. The Hall–Kier alpha value is -1.16. The normalized spacial score (nSPS) is 22.9. The number of aromatic nitrogens is 2. The number of likely N-dealkylation sites (tertiary alicyclic amines) is 1. The van der Waals surface area contributed by atoms with Crippen LogP contribution in [0, 0.1) is 5.92 Å². The van der Waals surface area contributed by atoms with Crippen LogP contribution in [0.3, 0.4) is 0 Å². The van der Waals surface area contributed by atoms with Crippen molar-refractivity contribution in [1.29, 1.82) is 0 Å². The van der Waals surface area contributed by atoms with Crippen LogP contribution in [0.25, 0.3) is 0 Å². The standard InChI is InChI=1S/C11H17N3O/c1-9(15)11-3-2-4-14(8-11)7-10-5-12-13-6-10/h5-6,11H,2-4,7-8H2,1H3,(H,12,13). The van der Waals surface area contributed by atoms with Gasteiger partial charge in [-0.15, -0.1) is 0 Å². The van der Waals surface area contributed by atoms with Gasteiger partial charge in [-0.25, -0.2) is 0 Å². The molecule has 0 bridgehead atoms. The molecule has 1 aliphatic heterocycles. The van der Waals surface area contributed by atoms with Gasteiger partial charge in [-0.3, -0.25) is 14.8 Å². The number of Topliss-reactive ketones (excluding diaryl/α,β-unsaturated/α-hetero) is 1. The summed E-state index contributed by atoms with van der Waals surface area (Å²) in [6.45, 7) is 4.60. The second-order valence-electron chi connectivity index (χ2n) is 4.29. The molecule has 0 amide bonds. The number of carbonyl (C=O) groups excluding carboxylic acids is 1. The highest BCUT2D eigenvalue weighted by Crippen LogP contribution is 2.18. The number of rotatable bonds is 3. The van der Waals surface area contributed by atoms with E-state index in [-0.39, 0.29) is 5.92 Å². The summed E-state index contributed by atoms with van der Waals surface area (Å²) in [5, 5.41) is 6.73. The van der Waals surface area contributed by atoms with E-state index in [1.54, 1.807) is 6.92 Å². The Morgan fingerprint density at radius 1 is 1.73 bits per heavy atom. The number of piperidine rings is 1. The first-order valence-electron chi connectivity index (χ1n) is 5.46. The van der Waals surface area contributed by atoms with Gasteiger partial charge in [-0.1, -0.05) is 0 Å². The first kappa shape index (κ1) is 10.4. The summed E-state index contributed by atoms with van der Waals surface area (Å²) in [6, 6.07) is 0. The third-order valence-corrected chi connectivity index (χ3v) is 3.04. The molecule has 2 rings (SSSR count). The second kappa shape index (κ2) is 4.57. The predicted molar refractivity (Wildman–Crippen MR) is 57.3 cm³/mol. The van der Waals surface area contributed by atoms with Crippen molar-refractivity contribution >= 4 is 5.78 Å². The summed E-state index contributed by atoms with van der Waals surface area (Å²) >= 11 is 0. The highest BCUT2D eigenvalue weighted by atomic mass is 16.1. The minimum atomic E-state index is 0.241. The van der Waals surface area contributed by atoms with Gasteiger partial charge >= 0.3 is 0 Å². The number of ketones is 1. The Bertz CT molecular complexity index is 321. The van der Waals surface area contributed by atoms with Crippen LogP contribution in [-0.4, -0.2) is 34.0 Å². The van der Waals surface area contributed by atoms with Gasteiger partial charge in [0.1, 0.15) is 5.78 Å². The van der Waals surface area contributed by atoms with Gasteiger partial charge in [0.05, 0.1) is 6.20 Å². The molecule has 0 aromatic carbocycles. The first-order valence-corrected chi connectivity index (χ1v) is 5.46. The van der Waals surface area contributed by atoms with E-state index in [9.17, 15) is 4.79 Å². The van der Waals surface area contributed by atoms with Crippen molar-refractivity contribution in [2.45, 2.75) is 26.3 Å². The van der Waals surface area contributed by atoms with Crippen molar-refractivity contribution in [3.63, 3.8) is 0 Å². The monoisotopic (exact) mass is 207 g/mol. The summed E-state index contributed by atoms with van der Waals surface area (Å²) in [7, 11) is 0. The molecule has 15 heavy (non-hydrogen) atoms. The van der Waals surface area contributed by atoms with Crippen LogP contribution >= 0.6 is 0 Å². The lowest BCUT2D eigenvalue weighted by molar-refractivity contribution is -0.122. The molecule has 1 unspecified atom stereocenters. The van der Waals surface area contributed by atoms with Crippen LogP contribution in [0.4, 0.5) is 0 Å². The fourth-order valence-electron chi connectivity index (χ4n) is 2.15.